The van der Waals surface area contributed by atoms with Crippen molar-refractivity contribution in [2.45, 2.75) is 0 Å². The molecule has 0 atom stereocenters. The van der Waals surface area contributed by atoms with Crippen LogP contribution in [0.2, 0.25) is 0 Å². The second-order valence-corrected chi connectivity index (χ2v) is 5.64. The molecule has 0 amide bonds. The third kappa shape index (κ3) is 2.72. The monoisotopic (exact) mass is 327 g/mol. The Morgan fingerprint density at radius 3 is 2.00 bits per heavy atom. The van der Waals surface area contributed by atoms with Gasteiger partial charge in [-0.05, 0) is 11.1 Å². The summed E-state index contributed by atoms with van der Waals surface area (Å²) in [5, 5.41) is 19.4. The van der Waals surface area contributed by atoms with Crippen molar-refractivity contribution in [3.8, 4) is 11.1 Å². The smallest absolute Gasteiger partial charge is 0.258 e. The minimum Gasteiger partial charge on any atom is -0.258 e. The van der Waals surface area contributed by atoms with E-state index in [-0.39, 0.29) is 5.69 Å². The fraction of sp³-hybridized carbons (Fsp3) is 0. The molecule has 0 fully saturated rings. The molecule has 4 rings (SSSR count). The highest BCUT2D eigenvalue weighted by Gasteiger charge is 2.23. The van der Waals surface area contributed by atoms with Crippen LogP contribution in [0.4, 0.5) is 5.69 Å². The van der Waals surface area contributed by atoms with Crippen LogP contribution in [-0.4, -0.2) is 16.8 Å². The van der Waals surface area contributed by atoms with Crippen LogP contribution in [0, 0.1) is 10.1 Å². The Morgan fingerprint density at radius 2 is 1.40 bits per heavy atom. The van der Waals surface area contributed by atoms with Gasteiger partial charge >= 0.3 is 0 Å². The van der Waals surface area contributed by atoms with E-state index in [0.717, 1.165) is 28.0 Å². The van der Waals surface area contributed by atoms with Gasteiger partial charge in [0.25, 0.3) is 5.69 Å². The maximum absolute atomic E-state index is 10.8. The van der Waals surface area contributed by atoms with Gasteiger partial charge in [0, 0.05) is 28.8 Å². The molecule has 5 nitrogen and oxygen atoms in total. The molecule has 1 aliphatic carbocycles. The molecule has 3 aromatic carbocycles. The zero-order valence-corrected chi connectivity index (χ0v) is 13.2. The number of nitro benzene ring substituents is 1. The number of non-ortho nitro benzene ring substituents is 1. The van der Waals surface area contributed by atoms with Crippen molar-refractivity contribution >= 4 is 17.6 Å². The summed E-state index contributed by atoms with van der Waals surface area (Å²) < 4.78 is 0. The molecule has 0 saturated carbocycles. The summed E-state index contributed by atoms with van der Waals surface area (Å²) in [4.78, 5) is 10.4. The van der Waals surface area contributed by atoms with Gasteiger partial charge in [-0.1, -0.05) is 60.7 Å². The number of fused-ring (bicyclic) bond motifs is 3. The van der Waals surface area contributed by atoms with Crippen molar-refractivity contribution in [1.29, 1.82) is 0 Å². The average Bonchev–Trinajstić information content (AvgIpc) is 2.96. The lowest BCUT2D eigenvalue weighted by Gasteiger charge is -1.98. The molecule has 0 unspecified atom stereocenters. The summed E-state index contributed by atoms with van der Waals surface area (Å²) in [5.74, 6) is 0. The van der Waals surface area contributed by atoms with E-state index in [1.807, 2.05) is 36.4 Å². The molecule has 0 heterocycles. The first-order valence-electron chi connectivity index (χ1n) is 7.79. The summed E-state index contributed by atoms with van der Waals surface area (Å²) in [6.45, 7) is 0. The highest BCUT2D eigenvalue weighted by atomic mass is 16.6. The van der Waals surface area contributed by atoms with Crippen LogP contribution in [0.25, 0.3) is 11.1 Å². The van der Waals surface area contributed by atoms with E-state index < -0.39 is 4.92 Å². The van der Waals surface area contributed by atoms with E-state index in [9.17, 15) is 10.1 Å². The first kappa shape index (κ1) is 15.0. The van der Waals surface area contributed by atoms with Gasteiger partial charge in [0.05, 0.1) is 11.1 Å². The van der Waals surface area contributed by atoms with Crippen LogP contribution in [0.1, 0.15) is 16.7 Å². The predicted octanol–water partition coefficient (Wildman–Crippen LogP) is 4.45. The summed E-state index contributed by atoms with van der Waals surface area (Å²) in [5.41, 5.74) is 5.85. The van der Waals surface area contributed by atoms with E-state index in [4.69, 9.17) is 0 Å². The van der Waals surface area contributed by atoms with E-state index in [1.165, 1.54) is 18.3 Å². The average molecular weight is 327 g/mol. The first-order chi connectivity index (χ1) is 12.2. The summed E-state index contributed by atoms with van der Waals surface area (Å²) >= 11 is 0. The van der Waals surface area contributed by atoms with Crippen molar-refractivity contribution in [2.24, 2.45) is 10.2 Å². The molecule has 1 aliphatic rings. The fourth-order valence-corrected chi connectivity index (χ4v) is 2.97. The lowest BCUT2D eigenvalue weighted by molar-refractivity contribution is -0.384. The standard InChI is InChI=1S/C20H13N3O2/c24-23(25)15-7-5-6-14(12-15)13-21-22-20-18-10-3-1-8-16(18)17-9-2-4-11-19(17)20/h1-13H/b21-13-. The Bertz CT molecular complexity index is 991. The van der Waals surface area contributed by atoms with Crippen LogP contribution in [-0.2, 0) is 0 Å². The van der Waals surface area contributed by atoms with E-state index in [1.54, 1.807) is 12.1 Å². The molecule has 120 valence electrons. The van der Waals surface area contributed by atoms with Crippen molar-refractivity contribution in [3.05, 3.63) is 99.6 Å². The maximum atomic E-state index is 10.8. The van der Waals surface area contributed by atoms with Gasteiger partial charge in [-0.3, -0.25) is 10.1 Å². The Morgan fingerprint density at radius 1 is 0.800 bits per heavy atom. The molecular weight excluding hydrogens is 314 g/mol. The largest absolute Gasteiger partial charge is 0.270 e. The van der Waals surface area contributed by atoms with Crippen molar-refractivity contribution in [1.82, 2.24) is 0 Å². The van der Waals surface area contributed by atoms with Crippen LogP contribution in [0.3, 0.4) is 0 Å². The molecule has 3 aromatic rings. The first-order valence-corrected chi connectivity index (χ1v) is 7.79. The highest BCUT2D eigenvalue weighted by Crippen LogP contribution is 2.36. The quantitative estimate of drug-likeness (QED) is 0.317. The predicted molar refractivity (Wildman–Crippen MR) is 98.2 cm³/mol. The van der Waals surface area contributed by atoms with Gasteiger partial charge in [-0.15, -0.1) is 5.10 Å². The van der Waals surface area contributed by atoms with Gasteiger partial charge in [0.1, 0.15) is 5.71 Å². The lowest BCUT2D eigenvalue weighted by Crippen LogP contribution is -1.97. The van der Waals surface area contributed by atoms with Crippen LogP contribution in [0.15, 0.2) is 83.0 Å². The minimum absolute atomic E-state index is 0.0353. The fourth-order valence-electron chi connectivity index (χ4n) is 2.97. The SMILES string of the molecule is O=[N+]([O-])c1cccc(/C=N\N=C2c3ccccc3-c3ccccc32)c1. The molecule has 5 heteroatoms. The zero-order chi connectivity index (χ0) is 17.2. The van der Waals surface area contributed by atoms with Gasteiger partial charge in [0.15, 0.2) is 0 Å². The number of hydrogen-bond acceptors (Lipinski definition) is 4. The molecule has 0 N–H and O–H groups in total. The third-order valence-electron chi connectivity index (χ3n) is 4.10. The van der Waals surface area contributed by atoms with E-state index in [2.05, 4.69) is 22.3 Å². The number of benzene rings is 3. The summed E-state index contributed by atoms with van der Waals surface area (Å²) in [6.07, 6.45) is 1.53. The van der Waals surface area contributed by atoms with Crippen LogP contribution < -0.4 is 0 Å². The maximum Gasteiger partial charge on any atom is 0.270 e. The van der Waals surface area contributed by atoms with Crippen molar-refractivity contribution in [2.75, 3.05) is 0 Å². The summed E-state index contributed by atoms with van der Waals surface area (Å²) in [7, 11) is 0. The Hall–Kier alpha value is -3.60. The normalized spacial score (nSPS) is 12.1. The third-order valence-corrected chi connectivity index (χ3v) is 4.10. The molecule has 0 aromatic heterocycles. The van der Waals surface area contributed by atoms with E-state index >= 15 is 0 Å². The highest BCUT2D eigenvalue weighted by molar-refractivity contribution is 6.24. The van der Waals surface area contributed by atoms with Crippen LogP contribution in [0.5, 0.6) is 0 Å². The Labute approximate surface area is 144 Å². The molecular formula is C20H13N3O2. The number of nitro groups is 1. The topological polar surface area (TPSA) is 67.9 Å². The van der Waals surface area contributed by atoms with Gasteiger partial charge in [-0.25, -0.2) is 0 Å². The second-order valence-electron chi connectivity index (χ2n) is 5.64. The van der Waals surface area contributed by atoms with Crippen molar-refractivity contribution in [3.63, 3.8) is 0 Å². The molecule has 0 aliphatic heterocycles. The molecule has 0 saturated heterocycles. The molecule has 25 heavy (non-hydrogen) atoms. The molecule has 0 spiro atoms. The van der Waals surface area contributed by atoms with Crippen molar-refractivity contribution < 1.29 is 4.92 Å². The molecule has 0 bridgehead atoms. The Balaban J connectivity index is 1.72. The summed E-state index contributed by atoms with van der Waals surface area (Å²) in [6, 6.07) is 22.5. The number of rotatable bonds is 3. The lowest BCUT2D eigenvalue weighted by atomic mass is 10.1. The van der Waals surface area contributed by atoms with Gasteiger partial charge in [-0.2, -0.15) is 5.10 Å². The zero-order valence-electron chi connectivity index (χ0n) is 13.2. The van der Waals surface area contributed by atoms with Gasteiger partial charge in [0.2, 0.25) is 0 Å². The minimum atomic E-state index is -0.424. The second kappa shape index (κ2) is 6.13. The van der Waals surface area contributed by atoms with Crippen LogP contribution >= 0.6 is 0 Å². The Kier molecular flexibility index (Phi) is 3.67. The van der Waals surface area contributed by atoms with E-state index in [0.29, 0.717) is 5.56 Å². The molecule has 0 radical (unpaired) electrons. The van der Waals surface area contributed by atoms with Gasteiger partial charge < -0.3 is 0 Å². The number of hydrogen-bond donors (Lipinski definition) is 0. The number of nitrogens with zero attached hydrogens (tertiary/aromatic N) is 3.